The Labute approximate surface area is 163 Å². The van der Waals surface area contributed by atoms with Crippen molar-refractivity contribution in [2.75, 3.05) is 14.1 Å². The number of carbonyl (C=O) groups is 2. The number of carboxylic acids is 1. The minimum Gasteiger partial charge on any atom is -0.477 e. The van der Waals surface area contributed by atoms with E-state index in [1.165, 1.54) is 11.0 Å². The molecule has 3 rings (SSSR count). The summed E-state index contributed by atoms with van der Waals surface area (Å²) in [5.74, 6) is -1.37. The van der Waals surface area contributed by atoms with Crippen LogP contribution in [0.4, 0.5) is 0 Å². The molecule has 2 aromatic heterocycles. The maximum atomic E-state index is 12.9. The fourth-order valence-electron chi connectivity index (χ4n) is 3.36. The summed E-state index contributed by atoms with van der Waals surface area (Å²) in [5, 5.41) is 14.1. The summed E-state index contributed by atoms with van der Waals surface area (Å²) in [6.45, 7) is 7.82. The Morgan fingerprint density at radius 2 is 1.71 bits per heavy atom. The molecule has 1 aromatic carbocycles. The molecular formula is C21H24N4O3. The molecule has 28 heavy (non-hydrogen) atoms. The van der Waals surface area contributed by atoms with Gasteiger partial charge in [-0.3, -0.25) is 4.79 Å². The van der Waals surface area contributed by atoms with Gasteiger partial charge in [-0.25, -0.2) is 14.3 Å². The predicted octanol–water partition coefficient (Wildman–Crippen LogP) is 3.54. The zero-order chi connectivity index (χ0) is 20.7. The Morgan fingerprint density at radius 1 is 1.11 bits per heavy atom. The van der Waals surface area contributed by atoms with Crippen LogP contribution in [0.25, 0.3) is 16.8 Å². The van der Waals surface area contributed by atoms with Crippen molar-refractivity contribution in [2.45, 2.75) is 33.6 Å². The standard InChI is InChI=1S/C21H24N4O3/c1-11(2)15-10-14(21(27)28)22-19-17(16-12(3)8-7-9-13(16)4)18(23-25(15)19)20(26)24(5)6/h7-11H,1-6H3,(H,27,28). The van der Waals surface area contributed by atoms with E-state index in [-0.39, 0.29) is 23.2 Å². The van der Waals surface area contributed by atoms with Gasteiger partial charge in [0.25, 0.3) is 5.91 Å². The highest BCUT2D eigenvalue weighted by atomic mass is 16.4. The van der Waals surface area contributed by atoms with Gasteiger partial charge in [-0.05, 0) is 42.5 Å². The third-order valence-electron chi connectivity index (χ3n) is 4.77. The summed E-state index contributed by atoms with van der Waals surface area (Å²) < 4.78 is 1.61. The molecule has 0 aliphatic carbocycles. The van der Waals surface area contributed by atoms with E-state index in [1.807, 2.05) is 45.9 Å². The zero-order valence-corrected chi connectivity index (χ0v) is 16.9. The number of fused-ring (bicyclic) bond motifs is 1. The van der Waals surface area contributed by atoms with E-state index < -0.39 is 5.97 Å². The monoisotopic (exact) mass is 380 g/mol. The number of carbonyl (C=O) groups excluding carboxylic acids is 1. The van der Waals surface area contributed by atoms with Gasteiger partial charge in [-0.2, -0.15) is 5.10 Å². The van der Waals surface area contributed by atoms with Gasteiger partial charge in [-0.15, -0.1) is 0 Å². The second-order valence-corrected chi connectivity index (χ2v) is 7.45. The first kappa shape index (κ1) is 19.5. The highest BCUT2D eigenvalue weighted by Gasteiger charge is 2.27. The lowest BCUT2D eigenvalue weighted by Gasteiger charge is -2.13. The number of aryl methyl sites for hydroxylation is 2. The topological polar surface area (TPSA) is 87.8 Å². The van der Waals surface area contributed by atoms with Gasteiger partial charge in [0.15, 0.2) is 17.0 Å². The maximum absolute atomic E-state index is 12.9. The number of hydrogen-bond donors (Lipinski definition) is 1. The third-order valence-corrected chi connectivity index (χ3v) is 4.77. The molecule has 3 aromatic rings. The van der Waals surface area contributed by atoms with Crippen molar-refractivity contribution in [1.29, 1.82) is 0 Å². The molecule has 0 aliphatic heterocycles. The summed E-state index contributed by atoms with van der Waals surface area (Å²) in [5.41, 5.74) is 4.63. The van der Waals surface area contributed by atoms with Crippen LogP contribution in [0.1, 0.15) is 57.6 Å². The van der Waals surface area contributed by atoms with Gasteiger partial charge >= 0.3 is 5.97 Å². The van der Waals surface area contributed by atoms with Crippen LogP contribution in [0.15, 0.2) is 24.3 Å². The molecule has 0 saturated heterocycles. The van der Waals surface area contributed by atoms with E-state index in [1.54, 1.807) is 18.6 Å². The highest BCUT2D eigenvalue weighted by Crippen LogP contribution is 2.35. The fraction of sp³-hybridized carbons (Fsp3) is 0.333. The zero-order valence-electron chi connectivity index (χ0n) is 16.9. The summed E-state index contributed by atoms with van der Waals surface area (Å²) >= 11 is 0. The van der Waals surface area contributed by atoms with Crippen LogP contribution in [-0.2, 0) is 0 Å². The molecule has 0 fully saturated rings. The Morgan fingerprint density at radius 3 is 2.21 bits per heavy atom. The lowest BCUT2D eigenvalue weighted by molar-refractivity contribution is 0.0690. The SMILES string of the molecule is Cc1cccc(C)c1-c1c(C(=O)N(C)C)nn2c(C(C)C)cc(C(=O)O)nc12. The minimum absolute atomic E-state index is 0.00312. The molecule has 0 radical (unpaired) electrons. The van der Waals surface area contributed by atoms with Crippen molar-refractivity contribution in [2.24, 2.45) is 0 Å². The molecule has 0 saturated carbocycles. The molecule has 7 heteroatoms. The average Bonchev–Trinajstić information content (AvgIpc) is 2.99. The smallest absolute Gasteiger partial charge is 0.354 e. The van der Waals surface area contributed by atoms with Crippen molar-refractivity contribution < 1.29 is 14.7 Å². The largest absolute Gasteiger partial charge is 0.477 e. The number of aromatic nitrogens is 3. The summed E-state index contributed by atoms with van der Waals surface area (Å²) in [6, 6.07) is 7.38. The Hall–Kier alpha value is -3.22. The first-order valence-corrected chi connectivity index (χ1v) is 9.08. The molecular weight excluding hydrogens is 356 g/mol. The Bertz CT molecular complexity index is 1080. The summed E-state index contributed by atoms with van der Waals surface area (Å²) in [7, 11) is 3.33. The van der Waals surface area contributed by atoms with Crippen molar-refractivity contribution >= 4 is 17.5 Å². The van der Waals surface area contributed by atoms with Gasteiger partial charge in [0, 0.05) is 19.8 Å². The van der Waals surface area contributed by atoms with Crippen LogP contribution in [0.2, 0.25) is 0 Å². The number of amides is 1. The lowest BCUT2D eigenvalue weighted by atomic mass is 9.95. The van der Waals surface area contributed by atoms with Crippen LogP contribution >= 0.6 is 0 Å². The van der Waals surface area contributed by atoms with Crippen LogP contribution in [0.5, 0.6) is 0 Å². The van der Waals surface area contributed by atoms with E-state index >= 15 is 0 Å². The number of rotatable bonds is 4. The Kier molecular flexibility index (Phi) is 4.93. The predicted molar refractivity (Wildman–Crippen MR) is 107 cm³/mol. The lowest BCUT2D eigenvalue weighted by Crippen LogP contribution is -2.23. The minimum atomic E-state index is -1.11. The van der Waals surface area contributed by atoms with Gasteiger partial charge in [0.2, 0.25) is 0 Å². The molecule has 146 valence electrons. The van der Waals surface area contributed by atoms with E-state index in [4.69, 9.17) is 0 Å². The summed E-state index contributed by atoms with van der Waals surface area (Å²) in [4.78, 5) is 30.5. The number of carboxylic acid groups (broad SMARTS) is 1. The molecule has 0 unspecified atom stereocenters. The normalized spacial score (nSPS) is 11.2. The third kappa shape index (κ3) is 3.13. The molecule has 0 atom stereocenters. The van der Waals surface area contributed by atoms with Crippen LogP contribution in [0, 0.1) is 13.8 Å². The van der Waals surface area contributed by atoms with Crippen LogP contribution in [-0.4, -0.2) is 50.6 Å². The van der Waals surface area contributed by atoms with E-state index in [9.17, 15) is 14.7 Å². The first-order chi connectivity index (χ1) is 13.1. The maximum Gasteiger partial charge on any atom is 0.354 e. The molecule has 1 N–H and O–H groups in total. The molecule has 1 amide bonds. The van der Waals surface area contributed by atoms with E-state index in [0.717, 1.165) is 16.7 Å². The molecule has 2 heterocycles. The Balaban J connectivity index is 2.54. The average molecular weight is 380 g/mol. The number of hydrogen-bond acceptors (Lipinski definition) is 4. The summed E-state index contributed by atoms with van der Waals surface area (Å²) in [6.07, 6.45) is 0. The number of benzene rings is 1. The van der Waals surface area contributed by atoms with Crippen molar-refractivity contribution in [1.82, 2.24) is 19.5 Å². The molecule has 0 spiro atoms. The number of nitrogens with zero attached hydrogens (tertiary/aromatic N) is 4. The van der Waals surface area contributed by atoms with Crippen molar-refractivity contribution in [3.05, 3.63) is 52.5 Å². The fourth-order valence-corrected chi connectivity index (χ4v) is 3.36. The number of aromatic carboxylic acids is 1. The molecule has 0 aliphatic rings. The quantitative estimate of drug-likeness (QED) is 0.748. The van der Waals surface area contributed by atoms with E-state index in [0.29, 0.717) is 16.9 Å². The van der Waals surface area contributed by atoms with Crippen molar-refractivity contribution in [3.8, 4) is 11.1 Å². The second-order valence-electron chi connectivity index (χ2n) is 7.45. The van der Waals surface area contributed by atoms with E-state index in [2.05, 4.69) is 10.1 Å². The van der Waals surface area contributed by atoms with Gasteiger partial charge in [-0.1, -0.05) is 32.0 Å². The second kappa shape index (κ2) is 7.07. The highest BCUT2D eigenvalue weighted by molar-refractivity contribution is 6.04. The van der Waals surface area contributed by atoms with Gasteiger partial charge < -0.3 is 10.0 Å². The molecule has 7 nitrogen and oxygen atoms in total. The molecule has 0 bridgehead atoms. The van der Waals surface area contributed by atoms with Gasteiger partial charge in [0.1, 0.15) is 0 Å². The van der Waals surface area contributed by atoms with Crippen LogP contribution < -0.4 is 0 Å². The van der Waals surface area contributed by atoms with Crippen molar-refractivity contribution in [3.63, 3.8) is 0 Å². The van der Waals surface area contributed by atoms with Gasteiger partial charge in [0.05, 0.1) is 5.56 Å². The van der Waals surface area contributed by atoms with Crippen LogP contribution in [0.3, 0.4) is 0 Å². The first-order valence-electron chi connectivity index (χ1n) is 9.08.